The Balaban J connectivity index is 2.31. The molecule has 6 nitrogen and oxygen atoms in total. The molecule has 0 amide bonds. The number of aryl methyl sites for hydroxylation is 1. The third-order valence-corrected chi connectivity index (χ3v) is 3.20. The molecule has 0 aliphatic heterocycles. The number of hydrogen-bond acceptors (Lipinski definition) is 6. The Labute approximate surface area is 123 Å². The average Bonchev–Trinajstić information content (AvgIpc) is 2.78. The van der Waals surface area contributed by atoms with Crippen LogP contribution < -0.4 is 10.6 Å². The molecule has 0 saturated carbocycles. The number of nitrogens with one attached hydrogen (secondary N) is 2. The average molecular weight is 318 g/mol. The van der Waals surface area contributed by atoms with Crippen LogP contribution in [0.1, 0.15) is 11.3 Å². The van der Waals surface area contributed by atoms with E-state index in [-0.39, 0.29) is 11.8 Å². The van der Waals surface area contributed by atoms with Gasteiger partial charge in [0.15, 0.2) is 0 Å². The Bertz CT molecular complexity index is 639. The van der Waals surface area contributed by atoms with E-state index >= 15 is 0 Å². The maximum absolute atomic E-state index is 12.8. The van der Waals surface area contributed by atoms with Gasteiger partial charge in [-0.05, 0) is 18.9 Å². The second-order valence-electron chi connectivity index (χ2n) is 4.04. The van der Waals surface area contributed by atoms with Crippen molar-refractivity contribution < 1.29 is 13.2 Å². The molecule has 2 rings (SSSR count). The first kappa shape index (κ1) is 15.4. The van der Waals surface area contributed by atoms with Crippen molar-refractivity contribution in [1.82, 2.24) is 19.2 Å². The van der Waals surface area contributed by atoms with Crippen molar-refractivity contribution in [2.24, 2.45) is 0 Å². The Morgan fingerprint density at radius 1 is 1.33 bits per heavy atom. The fourth-order valence-electron chi connectivity index (χ4n) is 1.61. The van der Waals surface area contributed by atoms with E-state index in [9.17, 15) is 13.2 Å². The summed E-state index contributed by atoms with van der Waals surface area (Å²) in [4.78, 5) is 7.53. The van der Waals surface area contributed by atoms with Crippen molar-refractivity contribution in [2.45, 2.75) is 13.1 Å². The van der Waals surface area contributed by atoms with Crippen molar-refractivity contribution in [3.05, 3.63) is 23.7 Å². The predicted molar refractivity (Wildman–Crippen MR) is 75.7 cm³/mol. The molecule has 0 aliphatic carbocycles. The lowest BCUT2D eigenvalue weighted by Crippen LogP contribution is -2.12. The molecule has 2 heterocycles. The molecule has 0 fully saturated rings. The third-order valence-electron chi connectivity index (χ3n) is 2.64. The smallest absolute Gasteiger partial charge is 0.372 e. The monoisotopic (exact) mass is 318 g/mol. The van der Waals surface area contributed by atoms with Gasteiger partial charge in [-0.2, -0.15) is 23.3 Å². The normalized spacial score (nSPS) is 11.5. The van der Waals surface area contributed by atoms with Crippen LogP contribution in [0.4, 0.5) is 30.6 Å². The van der Waals surface area contributed by atoms with Crippen LogP contribution >= 0.6 is 11.9 Å². The van der Waals surface area contributed by atoms with E-state index in [1.54, 1.807) is 17.2 Å². The van der Waals surface area contributed by atoms with E-state index in [0.29, 0.717) is 11.4 Å². The number of hydrogen-bond donors (Lipinski definition) is 2. The standard InChI is InChI=1S/C11H13F3N6S/c1-6-8(5-20(19-6)21-3)17-10-16-4-7(11(12,13)14)9(15-2)18-10/h4-5H,1-3H3,(H2,15,16,17,18). The summed E-state index contributed by atoms with van der Waals surface area (Å²) in [6, 6.07) is 0. The van der Waals surface area contributed by atoms with Crippen molar-refractivity contribution in [3.63, 3.8) is 0 Å². The fourth-order valence-corrected chi connectivity index (χ4v) is 2.03. The Morgan fingerprint density at radius 3 is 2.57 bits per heavy atom. The number of alkyl halides is 3. The van der Waals surface area contributed by atoms with Gasteiger partial charge in [0, 0.05) is 19.5 Å². The lowest BCUT2D eigenvalue weighted by Gasteiger charge is -2.12. The highest BCUT2D eigenvalue weighted by atomic mass is 32.2. The quantitative estimate of drug-likeness (QED) is 0.903. The zero-order valence-corrected chi connectivity index (χ0v) is 12.3. The SMILES string of the molecule is CNc1nc(Nc2cn(SC)nc2C)ncc1C(F)(F)F. The minimum absolute atomic E-state index is 0.0658. The molecule has 0 atom stereocenters. The highest BCUT2D eigenvalue weighted by molar-refractivity contribution is 7.97. The Hall–Kier alpha value is -1.97. The minimum atomic E-state index is -4.50. The molecule has 2 N–H and O–H groups in total. The summed E-state index contributed by atoms with van der Waals surface area (Å²) in [5.41, 5.74) is 0.414. The number of aromatic nitrogens is 4. The fraction of sp³-hybridized carbons (Fsp3) is 0.364. The summed E-state index contributed by atoms with van der Waals surface area (Å²) in [5, 5.41) is 9.47. The van der Waals surface area contributed by atoms with Crippen LogP contribution in [-0.4, -0.2) is 32.5 Å². The molecule has 21 heavy (non-hydrogen) atoms. The first-order valence-electron chi connectivity index (χ1n) is 5.85. The Kier molecular flexibility index (Phi) is 4.26. The predicted octanol–water partition coefficient (Wildman–Crippen LogP) is 2.91. The lowest BCUT2D eigenvalue weighted by atomic mass is 10.3. The largest absolute Gasteiger partial charge is 0.421 e. The van der Waals surface area contributed by atoms with Crippen LogP contribution in [0.25, 0.3) is 0 Å². The maximum atomic E-state index is 12.8. The van der Waals surface area contributed by atoms with E-state index in [0.717, 1.165) is 6.20 Å². The van der Waals surface area contributed by atoms with Crippen LogP contribution in [0.5, 0.6) is 0 Å². The van der Waals surface area contributed by atoms with Gasteiger partial charge in [0.2, 0.25) is 5.95 Å². The molecular formula is C11H13F3N6S. The Morgan fingerprint density at radius 2 is 2.05 bits per heavy atom. The summed E-state index contributed by atoms with van der Waals surface area (Å²) < 4.78 is 39.9. The van der Waals surface area contributed by atoms with E-state index < -0.39 is 11.7 Å². The van der Waals surface area contributed by atoms with Crippen molar-refractivity contribution in [2.75, 3.05) is 23.9 Å². The summed E-state index contributed by atoms with van der Waals surface area (Å²) in [7, 11) is 1.37. The van der Waals surface area contributed by atoms with Gasteiger partial charge in [-0.3, -0.25) is 0 Å². The van der Waals surface area contributed by atoms with E-state index in [4.69, 9.17) is 0 Å². The molecule has 114 valence electrons. The van der Waals surface area contributed by atoms with Gasteiger partial charge < -0.3 is 10.6 Å². The molecular weight excluding hydrogens is 305 g/mol. The van der Waals surface area contributed by atoms with Gasteiger partial charge in [-0.1, -0.05) is 0 Å². The number of rotatable bonds is 4. The first-order valence-corrected chi connectivity index (χ1v) is 7.03. The molecule has 10 heteroatoms. The second-order valence-corrected chi connectivity index (χ2v) is 4.78. The number of halogens is 3. The third kappa shape index (κ3) is 3.38. The van der Waals surface area contributed by atoms with Gasteiger partial charge in [-0.15, -0.1) is 0 Å². The molecule has 0 aliphatic rings. The van der Waals surface area contributed by atoms with Crippen LogP contribution in [0.3, 0.4) is 0 Å². The van der Waals surface area contributed by atoms with Gasteiger partial charge in [0.05, 0.1) is 17.6 Å². The maximum Gasteiger partial charge on any atom is 0.421 e. The topological polar surface area (TPSA) is 67.7 Å². The molecule has 2 aromatic heterocycles. The molecule has 0 unspecified atom stereocenters. The van der Waals surface area contributed by atoms with E-state index in [1.807, 2.05) is 6.26 Å². The lowest BCUT2D eigenvalue weighted by molar-refractivity contribution is -0.137. The van der Waals surface area contributed by atoms with E-state index in [2.05, 4.69) is 25.7 Å². The molecule has 0 saturated heterocycles. The van der Waals surface area contributed by atoms with Crippen molar-refractivity contribution in [3.8, 4) is 0 Å². The van der Waals surface area contributed by atoms with Gasteiger partial charge in [0.25, 0.3) is 0 Å². The first-order chi connectivity index (χ1) is 9.85. The molecule has 2 aromatic rings. The van der Waals surface area contributed by atoms with E-state index in [1.165, 1.54) is 19.0 Å². The number of nitrogens with zero attached hydrogens (tertiary/aromatic N) is 4. The minimum Gasteiger partial charge on any atom is -0.372 e. The zero-order valence-electron chi connectivity index (χ0n) is 11.5. The molecule has 0 spiro atoms. The van der Waals surface area contributed by atoms with Crippen LogP contribution in [0, 0.1) is 6.92 Å². The summed E-state index contributed by atoms with van der Waals surface area (Å²) in [6.45, 7) is 1.78. The van der Waals surface area contributed by atoms with Gasteiger partial charge in [-0.25, -0.2) is 9.07 Å². The van der Waals surface area contributed by atoms with Crippen molar-refractivity contribution in [1.29, 1.82) is 0 Å². The van der Waals surface area contributed by atoms with Crippen LogP contribution in [0.15, 0.2) is 12.4 Å². The summed E-state index contributed by atoms with van der Waals surface area (Å²) >= 11 is 1.39. The summed E-state index contributed by atoms with van der Waals surface area (Å²) in [5.74, 6) is -0.217. The molecule has 0 radical (unpaired) electrons. The van der Waals surface area contributed by atoms with Crippen LogP contribution in [-0.2, 0) is 6.18 Å². The van der Waals surface area contributed by atoms with Crippen molar-refractivity contribution >= 4 is 29.4 Å². The summed E-state index contributed by atoms with van der Waals surface area (Å²) in [6.07, 6.45) is -0.198. The van der Waals surface area contributed by atoms with Gasteiger partial charge in [0.1, 0.15) is 11.4 Å². The van der Waals surface area contributed by atoms with Gasteiger partial charge >= 0.3 is 6.18 Å². The van der Waals surface area contributed by atoms with Crippen LogP contribution in [0.2, 0.25) is 0 Å². The highest BCUT2D eigenvalue weighted by Gasteiger charge is 2.35. The molecule has 0 aromatic carbocycles. The zero-order chi connectivity index (χ0) is 15.6. The number of anilines is 3. The highest BCUT2D eigenvalue weighted by Crippen LogP contribution is 2.33. The second kappa shape index (κ2) is 5.80. The molecule has 0 bridgehead atoms.